The smallest absolute Gasteiger partial charge is 0.321 e. The van der Waals surface area contributed by atoms with E-state index in [1.165, 1.54) is 14.2 Å². The second-order valence-corrected chi connectivity index (χ2v) is 7.26. The van der Waals surface area contributed by atoms with Crippen molar-refractivity contribution in [2.45, 2.75) is 30.7 Å². The van der Waals surface area contributed by atoms with E-state index in [1.807, 2.05) is 0 Å². The fraction of sp³-hybridized carbons (Fsp3) is 0.529. The molecule has 2 fully saturated rings. The van der Waals surface area contributed by atoms with Crippen LogP contribution in [-0.2, 0) is 15.3 Å². The molecule has 27 heavy (non-hydrogen) atoms. The van der Waals surface area contributed by atoms with Crippen LogP contribution in [0.3, 0.4) is 0 Å². The van der Waals surface area contributed by atoms with Crippen molar-refractivity contribution in [1.82, 2.24) is 15.5 Å². The molecule has 0 radical (unpaired) electrons. The molecule has 1 aromatic carbocycles. The summed E-state index contributed by atoms with van der Waals surface area (Å²) >= 11 is 0. The van der Waals surface area contributed by atoms with Crippen LogP contribution in [-0.4, -0.2) is 58.0 Å². The van der Waals surface area contributed by atoms with Crippen LogP contribution in [0.5, 0.6) is 5.75 Å². The van der Waals surface area contributed by atoms with Crippen molar-refractivity contribution < 1.29 is 22.7 Å². The maximum Gasteiger partial charge on any atom is 0.321 e. The van der Waals surface area contributed by atoms with Crippen LogP contribution in [0.25, 0.3) is 0 Å². The minimum absolute atomic E-state index is 0.153. The van der Waals surface area contributed by atoms with Gasteiger partial charge in [-0.3, -0.25) is 15.0 Å². The normalized spacial score (nSPS) is 24.1. The molecule has 3 rings (SSSR count). The highest BCUT2D eigenvalue weighted by atomic mass is 32.2. The summed E-state index contributed by atoms with van der Waals surface area (Å²) in [5.74, 6) is -0.152. The molecule has 0 spiro atoms. The second kappa shape index (κ2) is 7.65. The third-order valence-corrected chi connectivity index (χ3v) is 5.57. The molecule has 1 heterocycles. The van der Waals surface area contributed by atoms with E-state index in [0.29, 0.717) is 12.2 Å². The Kier molecular flexibility index (Phi) is 5.47. The van der Waals surface area contributed by atoms with Crippen LogP contribution in [0.15, 0.2) is 22.6 Å². The number of hydrogen-bond acceptors (Lipinski definition) is 7. The number of ether oxygens (including phenoxy) is 1. The maximum atomic E-state index is 12.9. The number of urea groups is 1. The number of imide groups is 1. The molecule has 2 unspecified atom stereocenters. The Balaban J connectivity index is 1.95. The predicted molar refractivity (Wildman–Crippen MR) is 97.5 cm³/mol. The van der Waals surface area contributed by atoms with Gasteiger partial charge in [0.05, 0.1) is 7.11 Å². The van der Waals surface area contributed by atoms with E-state index < -0.39 is 22.1 Å². The van der Waals surface area contributed by atoms with Crippen molar-refractivity contribution in [3.05, 3.63) is 23.8 Å². The minimum Gasteiger partial charge on any atom is -0.494 e. The fourth-order valence-electron chi connectivity index (χ4n) is 3.86. The quantitative estimate of drug-likeness (QED) is 0.774. The average molecular weight is 394 g/mol. The molecule has 2 atom stereocenters. The third kappa shape index (κ3) is 3.67. The Hall–Kier alpha value is -2.46. The summed E-state index contributed by atoms with van der Waals surface area (Å²) in [5.41, 5.74) is 0.182. The summed E-state index contributed by atoms with van der Waals surface area (Å²) in [6.07, 6.45) is 2.56. The van der Waals surface area contributed by atoms with Crippen molar-refractivity contribution in [3.63, 3.8) is 0 Å². The summed E-state index contributed by atoms with van der Waals surface area (Å²) in [7, 11) is 0.273. The molecule has 1 aliphatic carbocycles. The molecule has 2 N–H and O–H groups in total. The Morgan fingerprint density at radius 1 is 1.30 bits per heavy atom. The first-order valence-corrected chi connectivity index (χ1v) is 9.73. The first kappa shape index (κ1) is 19.3. The lowest BCUT2D eigenvalue weighted by atomic mass is 10.0. The average Bonchev–Trinajstić information content (AvgIpc) is 3.16. The SMILES string of the molecule is CNC(=O)NC(=O)C1(N2CCCC2)CC1c1ccc(OC)c(N=S(=O)=O)c1. The molecule has 1 aromatic rings. The summed E-state index contributed by atoms with van der Waals surface area (Å²) in [6.45, 7) is 1.57. The summed E-state index contributed by atoms with van der Waals surface area (Å²) in [5, 5.41) is 4.80. The van der Waals surface area contributed by atoms with Crippen molar-refractivity contribution in [2.24, 2.45) is 4.36 Å². The molecule has 1 saturated heterocycles. The first-order chi connectivity index (χ1) is 12.9. The molecular weight excluding hydrogens is 372 g/mol. The van der Waals surface area contributed by atoms with Crippen molar-refractivity contribution in [1.29, 1.82) is 0 Å². The third-order valence-electron chi connectivity index (χ3n) is 5.23. The standard InChI is InChI=1S/C17H22N4O5S/c1-18-16(23)19-15(22)17(21-7-3-4-8-21)10-12(17)11-5-6-14(26-2)13(9-11)20-27(24)25/h5-6,9,12H,3-4,7-8,10H2,1-2H3,(H2,18,19,22,23). The number of nitrogens with one attached hydrogen (secondary N) is 2. The molecule has 9 nitrogen and oxygen atoms in total. The number of rotatable bonds is 5. The molecule has 3 amide bonds. The Bertz CT molecular complexity index is 887. The van der Waals surface area contributed by atoms with Gasteiger partial charge in [0.2, 0.25) is 5.91 Å². The van der Waals surface area contributed by atoms with Crippen LogP contribution < -0.4 is 15.4 Å². The number of likely N-dealkylation sites (tertiary alicyclic amines) is 1. The van der Waals surface area contributed by atoms with Crippen molar-refractivity contribution >= 4 is 28.1 Å². The van der Waals surface area contributed by atoms with E-state index in [2.05, 4.69) is 19.9 Å². The van der Waals surface area contributed by atoms with Gasteiger partial charge in [-0.25, -0.2) is 4.79 Å². The number of amides is 3. The van der Waals surface area contributed by atoms with E-state index in [1.54, 1.807) is 18.2 Å². The molecule has 0 bridgehead atoms. The lowest BCUT2D eigenvalue weighted by Gasteiger charge is -2.27. The summed E-state index contributed by atoms with van der Waals surface area (Å²) in [4.78, 5) is 26.7. The van der Waals surface area contributed by atoms with Crippen molar-refractivity contribution in [3.8, 4) is 5.75 Å². The Morgan fingerprint density at radius 3 is 2.59 bits per heavy atom. The molecule has 2 aliphatic rings. The van der Waals surface area contributed by atoms with Crippen molar-refractivity contribution in [2.75, 3.05) is 27.2 Å². The van der Waals surface area contributed by atoms with Gasteiger partial charge in [0.15, 0.2) is 0 Å². The largest absolute Gasteiger partial charge is 0.494 e. The molecule has 146 valence electrons. The van der Waals surface area contributed by atoms with Gasteiger partial charge in [-0.2, -0.15) is 8.42 Å². The highest BCUT2D eigenvalue weighted by Crippen LogP contribution is 2.57. The Labute approximate surface area is 158 Å². The van der Waals surface area contributed by atoms with E-state index in [-0.39, 0.29) is 17.5 Å². The summed E-state index contributed by atoms with van der Waals surface area (Å²) in [6, 6.07) is 4.53. The predicted octanol–water partition coefficient (Wildman–Crippen LogP) is 1.17. The highest BCUT2D eigenvalue weighted by Gasteiger charge is 2.64. The van der Waals surface area contributed by atoms with Crippen LogP contribution in [0.4, 0.5) is 10.5 Å². The number of carbonyl (C=O) groups is 2. The zero-order valence-corrected chi connectivity index (χ0v) is 16.0. The van der Waals surface area contributed by atoms with Crippen LogP contribution in [0.1, 0.15) is 30.7 Å². The number of benzene rings is 1. The van der Waals surface area contributed by atoms with Crippen LogP contribution >= 0.6 is 0 Å². The maximum absolute atomic E-state index is 12.9. The van der Waals surface area contributed by atoms with E-state index >= 15 is 0 Å². The Morgan fingerprint density at radius 2 is 2.00 bits per heavy atom. The van der Waals surface area contributed by atoms with Crippen LogP contribution in [0.2, 0.25) is 0 Å². The second-order valence-electron chi connectivity index (χ2n) is 6.65. The highest BCUT2D eigenvalue weighted by molar-refractivity contribution is 7.61. The van der Waals surface area contributed by atoms with Gasteiger partial charge >= 0.3 is 16.5 Å². The number of hydrogen-bond donors (Lipinski definition) is 2. The lowest BCUT2D eigenvalue weighted by Crippen LogP contribution is -2.52. The first-order valence-electron chi connectivity index (χ1n) is 8.69. The van der Waals surface area contributed by atoms with Gasteiger partial charge in [-0.1, -0.05) is 6.07 Å². The lowest BCUT2D eigenvalue weighted by molar-refractivity contribution is -0.126. The zero-order valence-electron chi connectivity index (χ0n) is 15.2. The minimum atomic E-state index is -2.62. The van der Waals surface area contributed by atoms with Gasteiger partial charge in [0, 0.05) is 13.0 Å². The van der Waals surface area contributed by atoms with Gasteiger partial charge in [-0.05, 0) is 50.0 Å². The van der Waals surface area contributed by atoms with Gasteiger partial charge < -0.3 is 10.1 Å². The van der Waals surface area contributed by atoms with E-state index in [0.717, 1.165) is 31.5 Å². The van der Waals surface area contributed by atoms with Gasteiger partial charge in [0.1, 0.15) is 17.0 Å². The van der Waals surface area contributed by atoms with Crippen LogP contribution in [0, 0.1) is 0 Å². The van der Waals surface area contributed by atoms with E-state index in [9.17, 15) is 18.0 Å². The summed E-state index contributed by atoms with van der Waals surface area (Å²) < 4.78 is 30.7. The molecule has 1 saturated carbocycles. The van der Waals surface area contributed by atoms with E-state index in [4.69, 9.17) is 4.74 Å². The van der Waals surface area contributed by atoms with Gasteiger partial charge in [-0.15, -0.1) is 4.36 Å². The molecule has 10 heteroatoms. The fourth-order valence-corrected chi connectivity index (χ4v) is 4.16. The molecule has 0 aromatic heterocycles. The number of methoxy groups -OCH3 is 1. The zero-order chi connectivity index (χ0) is 19.6. The molecule has 1 aliphatic heterocycles. The topological polar surface area (TPSA) is 117 Å². The number of nitrogens with zero attached hydrogens (tertiary/aromatic N) is 2. The molecular formula is C17H22N4O5S. The van der Waals surface area contributed by atoms with Gasteiger partial charge in [0.25, 0.3) is 0 Å². The number of carbonyl (C=O) groups excluding carboxylic acids is 2. The monoisotopic (exact) mass is 394 g/mol.